The summed E-state index contributed by atoms with van der Waals surface area (Å²) in [5.74, 6) is 1.09. The van der Waals surface area contributed by atoms with E-state index in [4.69, 9.17) is 0 Å². The van der Waals surface area contributed by atoms with Gasteiger partial charge in [0.25, 0.3) is 5.91 Å². The van der Waals surface area contributed by atoms with Crippen LogP contribution < -0.4 is 5.43 Å². The Bertz CT molecular complexity index is 559. The molecule has 0 aromatic heterocycles. The lowest BCUT2D eigenvalue weighted by molar-refractivity contribution is -0.116. The SMILES string of the molecule is O=C1NN=C(c2ccccc2)C1=C1SCC(O)CS1. The Kier molecular flexibility index (Phi) is 3.63. The third kappa shape index (κ3) is 2.56. The summed E-state index contributed by atoms with van der Waals surface area (Å²) >= 11 is 3.04. The predicted octanol–water partition coefficient (Wildman–Crippen LogP) is 1.57. The van der Waals surface area contributed by atoms with Crippen molar-refractivity contribution < 1.29 is 9.90 Å². The lowest BCUT2D eigenvalue weighted by Gasteiger charge is -2.19. The van der Waals surface area contributed by atoms with Gasteiger partial charge in [-0.2, -0.15) is 5.10 Å². The lowest BCUT2D eigenvalue weighted by atomic mass is 10.0. The number of hydrazone groups is 1. The standard InChI is InChI=1S/C13H12N2O2S2/c16-9-6-18-13(19-7-9)10-11(14-15-12(10)17)8-4-2-1-3-5-8/h1-5,9,16H,6-7H2,(H,15,17). The molecule has 1 saturated heterocycles. The number of nitrogens with one attached hydrogen (secondary N) is 1. The maximum atomic E-state index is 12.0. The quantitative estimate of drug-likeness (QED) is 0.771. The molecule has 0 radical (unpaired) electrons. The van der Waals surface area contributed by atoms with Crippen molar-refractivity contribution >= 4 is 35.1 Å². The molecule has 0 aliphatic carbocycles. The van der Waals surface area contributed by atoms with Gasteiger partial charge < -0.3 is 5.11 Å². The molecule has 1 fully saturated rings. The summed E-state index contributed by atoms with van der Waals surface area (Å²) in [6.45, 7) is 0. The van der Waals surface area contributed by atoms with Gasteiger partial charge in [-0.25, -0.2) is 5.43 Å². The van der Waals surface area contributed by atoms with E-state index in [1.807, 2.05) is 30.3 Å². The number of hydrogen-bond donors (Lipinski definition) is 2. The van der Waals surface area contributed by atoms with Crippen LogP contribution in [-0.2, 0) is 4.79 Å². The smallest absolute Gasteiger partial charge is 0.275 e. The summed E-state index contributed by atoms with van der Waals surface area (Å²) in [5, 5.41) is 13.7. The number of carbonyl (C=O) groups excluding carboxylic acids is 1. The van der Waals surface area contributed by atoms with Crippen LogP contribution in [0.3, 0.4) is 0 Å². The minimum atomic E-state index is -0.305. The fraction of sp³-hybridized carbons (Fsp3) is 0.231. The number of amides is 1. The van der Waals surface area contributed by atoms with Crippen molar-refractivity contribution in [2.75, 3.05) is 11.5 Å². The molecule has 6 heteroatoms. The van der Waals surface area contributed by atoms with Crippen LogP contribution in [0, 0.1) is 0 Å². The summed E-state index contributed by atoms with van der Waals surface area (Å²) in [7, 11) is 0. The normalized spacial score (nSPS) is 23.3. The first-order valence-corrected chi connectivity index (χ1v) is 7.84. The number of aliphatic hydroxyl groups is 1. The summed E-state index contributed by atoms with van der Waals surface area (Å²) in [6, 6.07) is 9.66. The molecule has 98 valence electrons. The number of benzene rings is 1. The van der Waals surface area contributed by atoms with E-state index in [2.05, 4.69) is 10.5 Å². The molecule has 1 aromatic rings. The van der Waals surface area contributed by atoms with Gasteiger partial charge in [-0.1, -0.05) is 30.3 Å². The van der Waals surface area contributed by atoms with Crippen molar-refractivity contribution in [3.63, 3.8) is 0 Å². The molecule has 2 heterocycles. The molecule has 1 aromatic carbocycles. The van der Waals surface area contributed by atoms with Crippen molar-refractivity contribution in [3.8, 4) is 0 Å². The molecule has 0 spiro atoms. The van der Waals surface area contributed by atoms with Gasteiger partial charge in [0.2, 0.25) is 0 Å². The van der Waals surface area contributed by atoms with Gasteiger partial charge in [0.15, 0.2) is 0 Å². The number of nitrogens with zero attached hydrogens (tertiary/aromatic N) is 1. The largest absolute Gasteiger partial charge is 0.391 e. The number of hydrogen-bond acceptors (Lipinski definition) is 5. The number of carbonyl (C=O) groups is 1. The van der Waals surface area contributed by atoms with E-state index < -0.39 is 0 Å². The lowest BCUT2D eigenvalue weighted by Crippen LogP contribution is -2.20. The third-order valence-corrected chi connectivity index (χ3v) is 5.54. The minimum Gasteiger partial charge on any atom is -0.391 e. The molecular weight excluding hydrogens is 280 g/mol. The van der Waals surface area contributed by atoms with Gasteiger partial charge in [-0.15, -0.1) is 23.5 Å². The van der Waals surface area contributed by atoms with Crippen LogP contribution in [0.25, 0.3) is 0 Å². The van der Waals surface area contributed by atoms with Crippen molar-refractivity contribution in [2.45, 2.75) is 6.10 Å². The molecule has 4 nitrogen and oxygen atoms in total. The van der Waals surface area contributed by atoms with Gasteiger partial charge in [0.1, 0.15) is 5.71 Å². The Labute approximate surface area is 119 Å². The highest BCUT2D eigenvalue weighted by atomic mass is 32.2. The average molecular weight is 292 g/mol. The van der Waals surface area contributed by atoms with E-state index in [-0.39, 0.29) is 12.0 Å². The zero-order valence-corrected chi connectivity index (χ0v) is 11.6. The van der Waals surface area contributed by atoms with Crippen LogP contribution in [0.5, 0.6) is 0 Å². The fourth-order valence-electron chi connectivity index (χ4n) is 1.90. The topological polar surface area (TPSA) is 61.7 Å². The van der Waals surface area contributed by atoms with Gasteiger partial charge >= 0.3 is 0 Å². The van der Waals surface area contributed by atoms with E-state index in [0.717, 1.165) is 9.80 Å². The number of rotatable bonds is 1. The molecule has 0 unspecified atom stereocenters. The minimum absolute atomic E-state index is 0.162. The van der Waals surface area contributed by atoms with E-state index in [1.54, 1.807) is 0 Å². The van der Waals surface area contributed by atoms with E-state index in [1.165, 1.54) is 23.5 Å². The van der Waals surface area contributed by atoms with E-state index in [9.17, 15) is 9.90 Å². The molecule has 0 bridgehead atoms. The van der Waals surface area contributed by atoms with Gasteiger partial charge in [0.05, 0.1) is 15.9 Å². The molecule has 2 N–H and O–H groups in total. The molecule has 0 saturated carbocycles. The Balaban J connectivity index is 1.97. The summed E-state index contributed by atoms with van der Waals surface area (Å²) in [5.41, 5.74) is 4.78. The Morgan fingerprint density at radius 1 is 1.21 bits per heavy atom. The summed E-state index contributed by atoms with van der Waals surface area (Å²) in [4.78, 5) is 12.0. The molecular formula is C13H12N2O2S2. The van der Waals surface area contributed by atoms with Crippen molar-refractivity contribution in [1.29, 1.82) is 0 Å². The highest BCUT2D eigenvalue weighted by Gasteiger charge is 2.30. The van der Waals surface area contributed by atoms with Gasteiger partial charge in [0, 0.05) is 17.1 Å². The zero-order chi connectivity index (χ0) is 13.2. The Hall–Kier alpha value is -1.24. The first-order valence-electron chi connectivity index (χ1n) is 5.87. The molecule has 19 heavy (non-hydrogen) atoms. The predicted molar refractivity (Wildman–Crippen MR) is 79.1 cm³/mol. The first-order chi connectivity index (χ1) is 9.25. The maximum absolute atomic E-state index is 12.0. The van der Waals surface area contributed by atoms with Crippen molar-refractivity contribution in [2.24, 2.45) is 5.10 Å². The van der Waals surface area contributed by atoms with Gasteiger partial charge in [-0.05, 0) is 0 Å². The molecule has 2 aliphatic rings. The first kappa shape index (κ1) is 12.8. The fourth-order valence-corrected chi connectivity index (χ4v) is 4.38. The van der Waals surface area contributed by atoms with Crippen molar-refractivity contribution in [1.82, 2.24) is 5.43 Å². The van der Waals surface area contributed by atoms with Crippen LogP contribution in [0.2, 0.25) is 0 Å². The third-order valence-electron chi connectivity index (χ3n) is 2.80. The van der Waals surface area contributed by atoms with Crippen LogP contribution in [0.4, 0.5) is 0 Å². The van der Waals surface area contributed by atoms with Crippen molar-refractivity contribution in [3.05, 3.63) is 45.7 Å². The van der Waals surface area contributed by atoms with Crippen LogP contribution >= 0.6 is 23.5 Å². The second-order valence-corrected chi connectivity index (χ2v) is 6.52. The Morgan fingerprint density at radius 2 is 1.89 bits per heavy atom. The molecule has 3 rings (SSSR count). The van der Waals surface area contributed by atoms with E-state index >= 15 is 0 Å². The second-order valence-electron chi connectivity index (χ2n) is 4.21. The molecule has 1 amide bonds. The average Bonchev–Trinajstić information content (AvgIpc) is 2.83. The van der Waals surface area contributed by atoms with Crippen LogP contribution in [0.15, 0.2) is 45.2 Å². The zero-order valence-electron chi connectivity index (χ0n) is 10.00. The van der Waals surface area contributed by atoms with Crippen LogP contribution in [0.1, 0.15) is 5.56 Å². The number of aliphatic hydroxyl groups excluding tert-OH is 1. The molecule has 0 atom stereocenters. The van der Waals surface area contributed by atoms with E-state index in [0.29, 0.717) is 22.8 Å². The maximum Gasteiger partial charge on any atom is 0.275 e. The summed E-state index contributed by atoms with van der Waals surface area (Å²) in [6.07, 6.45) is -0.305. The van der Waals surface area contributed by atoms with Crippen LogP contribution in [-0.4, -0.2) is 34.3 Å². The van der Waals surface area contributed by atoms with Gasteiger partial charge in [-0.3, -0.25) is 4.79 Å². The highest BCUT2D eigenvalue weighted by molar-refractivity contribution is 8.23. The molecule has 2 aliphatic heterocycles. The highest BCUT2D eigenvalue weighted by Crippen LogP contribution is 2.39. The monoisotopic (exact) mass is 292 g/mol. The second kappa shape index (κ2) is 5.40. The summed E-state index contributed by atoms with van der Waals surface area (Å²) < 4.78 is 0.947. The number of thioether (sulfide) groups is 2. The Morgan fingerprint density at radius 3 is 2.58 bits per heavy atom.